The Kier molecular flexibility index (Phi) is 3.20. The highest BCUT2D eigenvalue weighted by Crippen LogP contribution is 2.38. The Morgan fingerprint density at radius 3 is 2.20 bits per heavy atom. The van der Waals surface area contributed by atoms with Crippen LogP contribution >= 0.6 is 0 Å². The standard InChI is InChI=1S/C14H18N2O3S/c1-20(18,19)15-11-4-6-12(7-5-11)16(13-8-9-13)14(17)10-2-3-10/h4-7,10,13,15H,2-3,8-9H2,1H3. The highest BCUT2D eigenvalue weighted by Gasteiger charge is 2.40. The topological polar surface area (TPSA) is 66.5 Å². The van der Waals surface area contributed by atoms with E-state index < -0.39 is 10.0 Å². The number of carbonyl (C=O) groups is 1. The lowest BCUT2D eigenvalue weighted by atomic mass is 10.2. The Morgan fingerprint density at radius 2 is 1.75 bits per heavy atom. The number of benzene rings is 1. The number of amides is 1. The third-order valence-corrected chi connectivity index (χ3v) is 4.13. The van der Waals surface area contributed by atoms with Crippen LogP contribution in [0.2, 0.25) is 0 Å². The van der Waals surface area contributed by atoms with E-state index in [1.165, 1.54) is 0 Å². The molecule has 0 spiro atoms. The van der Waals surface area contributed by atoms with Crippen molar-refractivity contribution in [3.8, 4) is 0 Å². The molecule has 1 aromatic rings. The van der Waals surface area contributed by atoms with Crippen molar-refractivity contribution in [2.45, 2.75) is 31.7 Å². The molecule has 3 rings (SSSR count). The summed E-state index contributed by atoms with van der Waals surface area (Å²) in [5.74, 6) is 0.417. The van der Waals surface area contributed by atoms with Crippen molar-refractivity contribution in [3.05, 3.63) is 24.3 Å². The molecule has 1 N–H and O–H groups in total. The van der Waals surface area contributed by atoms with Crippen LogP contribution in [0.3, 0.4) is 0 Å². The molecule has 0 bridgehead atoms. The Labute approximate surface area is 119 Å². The summed E-state index contributed by atoms with van der Waals surface area (Å²) < 4.78 is 24.8. The number of nitrogens with zero attached hydrogens (tertiary/aromatic N) is 1. The molecular formula is C14H18N2O3S. The highest BCUT2D eigenvalue weighted by atomic mass is 32.2. The minimum atomic E-state index is -3.26. The lowest BCUT2D eigenvalue weighted by molar-refractivity contribution is -0.119. The predicted molar refractivity (Wildman–Crippen MR) is 78.1 cm³/mol. The fourth-order valence-corrected chi connectivity index (χ4v) is 2.85. The van der Waals surface area contributed by atoms with Gasteiger partial charge in [-0.1, -0.05) is 0 Å². The van der Waals surface area contributed by atoms with Gasteiger partial charge in [-0.2, -0.15) is 0 Å². The Bertz CT molecular complexity index is 616. The zero-order chi connectivity index (χ0) is 14.3. The minimum Gasteiger partial charge on any atom is -0.309 e. The normalized spacial score (nSPS) is 18.6. The summed E-state index contributed by atoms with van der Waals surface area (Å²) in [5, 5.41) is 0. The molecule has 0 radical (unpaired) electrons. The van der Waals surface area contributed by atoms with Gasteiger partial charge < -0.3 is 4.90 Å². The lowest BCUT2D eigenvalue weighted by Crippen LogP contribution is -2.34. The van der Waals surface area contributed by atoms with Crippen molar-refractivity contribution < 1.29 is 13.2 Å². The summed E-state index contributed by atoms with van der Waals surface area (Å²) in [4.78, 5) is 14.2. The van der Waals surface area contributed by atoms with Crippen molar-refractivity contribution >= 4 is 27.3 Å². The lowest BCUT2D eigenvalue weighted by Gasteiger charge is -2.23. The van der Waals surface area contributed by atoms with Crippen LogP contribution < -0.4 is 9.62 Å². The number of hydrogen-bond donors (Lipinski definition) is 1. The number of hydrogen-bond acceptors (Lipinski definition) is 3. The third-order valence-electron chi connectivity index (χ3n) is 3.52. The average molecular weight is 294 g/mol. The fraction of sp³-hybridized carbons (Fsp3) is 0.500. The molecule has 2 fully saturated rings. The molecule has 108 valence electrons. The van der Waals surface area contributed by atoms with Gasteiger partial charge in [0.15, 0.2) is 0 Å². The van der Waals surface area contributed by atoms with Gasteiger partial charge in [-0.15, -0.1) is 0 Å². The zero-order valence-electron chi connectivity index (χ0n) is 11.4. The monoisotopic (exact) mass is 294 g/mol. The van der Waals surface area contributed by atoms with E-state index >= 15 is 0 Å². The van der Waals surface area contributed by atoms with Gasteiger partial charge in [-0.3, -0.25) is 9.52 Å². The minimum absolute atomic E-state index is 0.199. The van der Waals surface area contributed by atoms with Gasteiger partial charge in [0.1, 0.15) is 0 Å². The van der Waals surface area contributed by atoms with Crippen molar-refractivity contribution in [1.29, 1.82) is 0 Å². The van der Waals surface area contributed by atoms with Crippen LogP contribution in [-0.2, 0) is 14.8 Å². The van der Waals surface area contributed by atoms with Gasteiger partial charge in [0.25, 0.3) is 0 Å². The molecule has 5 nitrogen and oxygen atoms in total. The second-order valence-corrected chi connectivity index (χ2v) is 7.38. The number of anilines is 2. The molecule has 0 atom stereocenters. The molecular weight excluding hydrogens is 276 g/mol. The maximum atomic E-state index is 12.3. The summed E-state index contributed by atoms with van der Waals surface area (Å²) in [6, 6.07) is 7.35. The molecule has 0 aliphatic heterocycles. The summed E-state index contributed by atoms with van der Waals surface area (Å²) in [6.07, 6.45) is 5.23. The first-order valence-corrected chi connectivity index (χ1v) is 8.74. The molecule has 0 saturated heterocycles. The van der Waals surface area contributed by atoms with E-state index in [2.05, 4.69) is 4.72 Å². The van der Waals surface area contributed by atoms with E-state index in [9.17, 15) is 13.2 Å². The van der Waals surface area contributed by atoms with Crippen molar-refractivity contribution in [1.82, 2.24) is 0 Å². The van der Waals surface area contributed by atoms with Gasteiger partial charge in [0.2, 0.25) is 15.9 Å². The van der Waals surface area contributed by atoms with Gasteiger partial charge in [0.05, 0.1) is 6.26 Å². The second kappa shape index (κ2) is 4.77. The largest absolute Gasteiger partial charge is 0.309 e. The molecule has 6 heteroatoms. The first kappa shape index (κ1) is 13.4. The van der Waals surface area contributed by atoms with E-state index in [1.807, 2.05) is 17.0 Å². The molecule has 2 saturated carbocycles. The van der Waals surface area contributed by atoms with Gasteiger partial charge in [0, 0.05) is 23.3 Å². The first-order valence-electron chi connectivity index (χ1n) is 6.85. The van der Waals surface area contributed by atoms with Crippen LogP contribution in [0, 0.1) is 5.92 Å². The number of carbonyl (C=O) groups excluding carboxylic acids is 1. The van der Waals surface area contributed by atoms with E-state index in [0.29, 0.717) is 11.7 Å². The zero-order valence-corrected chi connectivity index (χ0v) is 12.2. The van der Waals surface area contributed by atoms with Crippen LogP contribution in [0.4, 0.5) is 11.4 Å². The first-order chi connectivity index (χ1) is 9.44. The van der Waals surface area contributed by atoms with Crippen LogP contribution in [0.1, 0.15) is 25.7 Å². The highest BCUT2D eigenvalue weighted by molar-refractivity contribution is 7.92. The molecule has 20 heavy (non-hydrogen) atoms. The Balaban J connectivity index is 1.79. The molecule has 0 aromatic heterocycles. The number of rotatable bonds is 5. The number of sulfonamides is 1. The quantitative estimate of drug-likeness (QED) is 0.902. The summed E-state index contributed by atoms with van der Waals surface area (Å²) in [6.45, 7) is 0. The smallest absolute Gasteiger partial charge is 0.230 e. The summed E-state index contributed by atoms with van der Waals surface area (Å²) >= 11 is 0. The van der Waals surface area contributed by atoms with Gasteiger partial charge in [-0.05, 0) is 49.9 Å². The maximum absolute atomic E-state index is 12.3. The van der Waals surface area contributed by atoms with Crippen molar-refractivity contribution in [2.24, 2.45) is 5.92 Å². The predicted octanol–water partition coefficient (Wildman–Crippen LogP) is 1.96. The maximum Gasteiger partial charge on any atom is 0.230 e. The third kappa shape index (κ3) is 3.12. The van der Waals surface area contributed by atoms with Gasteiger partial charge in [-0.25, -0.2) is 8.42 Å². The molecule has 0 unspecified atom stereocenters. The van der Waals surface area contributed by atoms with Crippen LogP contribution in [0.5, 0.6) is 0 Å². The van der Waals surface area contributed by atoms with Crippen LogP contribution in [0.25, 0.3) is 0 Å². The molecule has 0 heterocycles. The molecule has 1 amide bonds. The van der Waals surface area contributed by atoms with Gasteiger partial charge >= 0.3 is 0 Å². The van der Waals surface area contributed by atoms with Crippen LogP contribution in [-0.4, -0.2) is 26.6 Å². The van der Waals surface area contributed by atoms with E-state index in [0.717, 1.165) is 37.6 Å². The second-order valence-electron chi connectivity index (χ2n) is 5.63. The summed E-state index contributed by atoms with van der Waals surface area (Å²) in [5.41, 5.74) is 1.38. The molecule has 2 aliphatic carbocycles. The van der Waals surface area contributed by atoms with Crippen LogP contribution in [0.15, 0.2) is 24.3 Å². The number of nitrogens with one attached hydrogen (secondary N) is 1. The van der Waals surface area contributed by atoms with Crippen molar-refractivity contribution in [2.75, 3.05) is 15.9 Å². The van der Waals surface area contributed by atoms with E-state index in [-0.39, 0.29) is 11.8 Å². The SMILES string of the molecule is CS(=O)(=O)Nc1ccc(N(C(=O)C2CC2)C2CC2)cc1. The fourth-order valence-electron chi connectivity index (χ4n) is 2.28. The Hall–Kier alpha value is -1.56. The van der Waals surface area contributed by atoms with E-state index in [1.54, 1.807) is 12.1 Å². The molecule has 1 aromatic carbocycles. The Morgan fingerprint density at radius 1 is 1.15 bits per heavy atom. The van der Waals surface area contributed by atoms with E-state index in [4.69, 9.17) is 0 Å². The average Bonchev–Trinajstić information content (AvgIpc) is 3.24. The molecule has 2 aliphatic rings. The summed E-state index contributed by atoms with van der Waals surface area (Å²) in [7, 11) is -3.26. The van der Waals surface area contributed by atoms with Crippen molar-refractivity contribution in [3.63, 3.8) is 0 Å².